The zero-order chi connectivity index (χ0) is 22.0. The smallest absolute Gasteiger partial charge is 0.261 e. The Morgan fingerprint density at radius 3 is 2.45 bits per heavy atom. The average molecular weight is 435 g/mol. The molecule has 3 aromatic rings. The molecule has 0 fully saturated rings. The first-order valence-corrected chi connectivity index (χ1v) is 11.9. The van der Waals surface area contributed by atoms with E-state index in [4.69, 9.17) is 0 Å². The number of aryl methyl sites for hydroxylation is 3. The van der Waals surface area contributed by atoms with E-state index >= 15 is 0 Å². The van der Waals surface area contributed by atoms with Crippen LogP contribution in [0.15, 0.2) is 71.6 Å². The largest absolute Gasteiger partial charge is 0.345 e. The third-order valence-corrected chi connectivity index (χ3v) is 7.12. The molecule has 0 bridgehead atoms. The van der Waals surface area contributed by atoms with Crippen LogP contribution in [0.25, 0.3) is 0 Å². The van der Waals surface area contributed by atoms with Crippen LogP contribution in [0.2, 0.25) is 0 Å². The van der Waals surface area contributed by atoms with Crippen molar-refractivity contribution in [3.63, 3.8) is 0 Å². The molecule has 1 aliphatic rings. The molecule has 31 heavy (non-hydrogen) atoms. The highest BCUT2D eigenvalue weighted by Gasteiger charge is 2.22. The number of benzene rings is 3. The van der Waals surface area contributed by atoms with Crippen LogP contribution in [-0.2, 0) is 16.4 Å². The lowest BCUT2D eigenvalue weighted by Crippen LogP contribution is -2.31. The van der Waals surface area contributed by atoms with Gasteiger partial charge in [-0.3, -0.25) is 9.52 Å². The molecule has 3 aromatic carbocycles. The van der Waals surface area contributed by atoms with Crippen molar-refractivity contribution in [1.29, 1.82) is 0 Å². The van der Waals surface area contributed by atoms with Gasteiger partial charge in [0.15, 0.2) is 0 Å². The van der Waals surface area contributed by atoms with Gasteiger partial charge in [-0.05, 0) is 80.1 Å². The number of hydrogen-bond acceptors (Lipinski definition) is 3. The second-order valence-electron chi connectivity index (χ2n) is 8.07. The minimum absolute atomic E-state index is 0.00234. The van der Waals surface area contributed by atoms with Crippen molar-refractivity contribution in [2.45, 2.75) is 44.0 Å². The SMILES string of the molecule is Cc1ccc(S(=O)(=O)Nc2ccc(C(=O)N[C@@H]3CCCc4ccccc43)cc2C)cc1. The van der Waals surface area contributed by atoms with Gasteiger partial charge in [-0.15, -0.1) is 0 Å². The highest BCUT2D eigenvalue weighted by molar-refractivity contribution is 7.92. The number of rotatable bonds is 5. The fourth-order valence-electron chi connectivity index (χ4n) is 3.99. The lowest BCUT2D eigenvalue weighted by Gasteiger charge is -2.26. The van der Waals surface area contributed by atoms with Crippen molar-refractivity contribution in [3.05, 3.63) is 94.5 Å². The third-order valence-electron chi connectivity index (χ3n) is 5.74. The van der Waals surface area contributed by atoms with Gasteiger partial charge < -0.3 is 5.32 Å². The van der Waals surface area contributed by atoms with Gasteiger partial charge in [0, 0.05) is 5.56 Å². The summed E-state index contributed by atoms with van der Waals surface area (Å²) in [6.45, 7) is 3.70. The molecule has 1 aliphatic carbocycles. The van der Waals surface area contributed by atoms with Crippen molar-refractivity contribution in [1.82, 2.24) is 5.32 Å². The second kappa shape index (κ2) is 8.55. The Hall–Kier alpha value is -3.12. The van der Waals surface area contributed by atoms with E-state index in [1.807, 2.05) is 19.1 Å². The monoisotopic (exact) mass is 434 g/mol. The van der Waals surface area contributed by atoms with Crippen LogP contribution in [-0.4, -0.2) is 14.3 Å². The number of amides is 1. The summed E-state index contributed by atoms with van der Waals surface area (Å²) in [6, 6.07) is 19.9. The zero-order valence-corrected chi connectivity index (χ0v) is 18.5. The Balaban J connectivity index is 1.50. The molecule has 0 saturated carbocycles. The zero-order valence-electron chi connectivity index (χ0n) is 17.7. The molecule has 160 valence electrons. The number of hydrogen-bond donors (Lipinski definition) is 2. The first kappa shape index (κ1) is 21.1. The summed E-state index contributed by atoms with van der Waals surface area (Å²) in [6.07, 6.45) is 2.99. The van der Waals surface area contributed by atoms with E-state index in [1.54, 1.807) is 49.4 Å². The normalized spacial score (nSPS) is 15.7. The maximum atomic E-state index is 12.9. The number of carbonyl (C=O) groups excluding carboxylic acids is 1. The van der Waals surface area contributed by atoms with Gasteiger partial charge >= 0.3 is 0 Å². The number of carbonyl (C=O) groups is 1. The van der Waals surface area contributed by atoms with E-state index in [-0.39, 0.29) is 16.8 Å². The Labute approximate surface area is 183 Å². The molecule has 1 amide bonds. The summed E-state index contributed by atoms with van der Waals surface area (Å²) in [5.74, 6) is -0.155. The summed E-state index contributed by atoms with van der Waals surface area (Å²) in [7, 11) is -3.69. The van der Waals surface area contributed by atoms with E-state index in [2.05, 4.69) is 22.2 Å². The predicted molar refractivity (Wildman–Crippen MR) is 123 cm³/mol. The molecule has 0 radical (unpaired) electrons. The van der Waals surface area contributed by atoms with E-state index in [1.165, 1.54) is 11.1 Å². The van der Waals surface area contributed by atoms with Gasteiger partial charge in [0.25, 0.3) is 15.9 Å². The minimum Gasteiger partial charge on any atom is -0.345 e. The lowest BCUT2D eigenvalue weighted by molar-refractivity contribution is 0.0932. The van der Waals surface area contributed by atoms with Gasteiger partial charge in [0.2, 0.25) is 0 Å². The molecule has 1 atom stereocenters. The summed E-state index contributed by atoms with van der Waals surface area (Å²) >= 11 is 0. The van der Waals surface area contributed by atoms with Crippen LogP contribution in [0.4, 0.5) is 5.69 Å². The van der Waals surface area contributed by atoms with Crippen LogP contribution in [0.5, 0.6) is 0 Å². The Morgan fingerprint density at radius 2 is 1.71 bits per heavy atom. The standard InChI is InChI=1S/C25H26N2O3S/c1-17-10-13-21(14-11-17)31(29,30)27-23-15-12-20(16-18(23)2)25(28)26-24-9-5-7-19-6-3-4-8-22(19)24/h3-4,6,8,10-16,24,27H,5,7,9H2,1-2H3,(H,26,28)/t24-/m1/s1. The fraction of sp³-hybridized carbons (Fsp3) is 0.240. The van der Waals surface area contributed by atoms with Crippen LogP contribution in [0, 0.1) is 13.8 Å². The van der Waals surface area contributed by atoms with Crippen LogP contribution in [0.1, 0.15) is 51.5 Å². The quantitative estimate of drug-likeness (QED) is 0.599. The molecule has 0 aliphatic heterocycles. The molecule has 0 unspecified atom stereocenters. The first-order valence-electron chi connectivity index (χ1n) is 10.4. The summed E-state index contributed by atoms with van der Waals surface area (Å²) in [5.41, 5.74) is 5.12. The molecule has 2 N–H and O–H groups in total. The Morgan fingerprint density at radius 1 is 0.968 bits per heavy atom. The Bertz CT molecular complexity index is 1220. The topological polar surface area (TPSA) is 75.3 Å². The van der Waals surface area contributed by atoms with Crippen molar-refractivity contribution in [2.75, 3.05) is 4.72 Å². The Kier molecular flexibility index (Phi) is 5.83. The molecule has 0 heterocycles. The van der Waals surface area contributed by atoms with Gasteiger partial charge in [-0.1, -0.05) is 42.0 Å². The molecule has 0 spiro atoms. The highest BCUT2D eigenvalue weighted by Crippen LogP contribution is 2.30. The summed E-state index contributed by atoms with van der Waals surface area (Å²) < 4.78 is 28.0. The van der Waals surface area contributed by atoms with Gasteiger partial charge in [0.05, 0.1) is 16.6 Å². The van der Waals surface area contributed by atoms with E-state index in [9.17, 15) is 13.2 Å². The molecule has 0 aromatic heterocycles. The number of fused-ring (bicyclic) bond motifs is 1. The van der Waals surface area contributed by atoms with E-state index < -0.39 is 10.0 Å². The third kappa shape index (κ3) is 4.64. The number of sulfonamides is 1. The van der Waals surface area contributed by atoms with Crippen molar-refractivity contribution in [2.24, 2.45) is 0 Å². The van der Waals surface area contributed by atoms with Crippen LogP contribution < -0.4 is 10.0 Å². The predicted octanol–water partition coefficient (Wildman–Crippen LogP) is 4.91. The maximum Gasteiger partial charge on any atom is 0.261 e. The fourth-order valence-corrected chi connectivity index (χ4v) is 5.12. The molecular weight excluding hydrogens is 408 g/mol. The van der Waals surface area contributed by atoms with E-state index in [0.29, 0.717) is 16.8 Å². The first-order chi connectivity index (χ1) is 14.8. The van der Waals surface area contributed by atoms with Gasteiger partial charge in [0.1, 0.15) is 0 Å². The van der Waals surface area contributed by atoms with Crippen LogP contribution in [0.3, 0.4) is 0 Å². The second-order valence-corrected chi connectivity index (χ2v) is 9.75. The molecular formula is C25H26N2O3S. The van der Waals surface area contributed by atoms with Crippen LogP contribution >= 0.6 is 0 Å². The minimum atomic E-state index is -3.69. The number of nitrogens with one attached hydrogen (secondary N) is 2. The molecule has 6 heteroatoms. The van der Waals surface area contributed by atoms with Crippen molar-refractivity contribution in [3.8, 4) is 0 Å². The van der Waals surface area contributed by atoms with Gasteiger partial charge in [-0.2, -0.15) is 0 Å². The van der Waals surface area contributed by atoms with Gasteiger partial charge in [-0.25, -0.2) is 8.42 Å². The van der Waals surface area contributed by atoms with E-state index in [0.717, 1.165) is 24.8 Å². The number of anilines is 1. The molecule has 5 nitrogen and oxygen atoms in total. The summed E-state index contributed by atoms with van der Waals surface area (Å²) in [5, 5.41) is 3.14. The summed E-state index contributed by atoms with van der Waals surface area (Å²) in [4.78, 5) is 13.1. The molecule has 4 rings (SSSR count). The maximum absolute atomic E-state index is 12.9. The van der Waals surface area contributed by atoms with Crippen molar-refractivity contribution < 1.29 is 13.2 Å². The van der Waals surface area contributed by atoms with Crippen molar-refractivity contribution >= 4 is 21.6 Å². The highest BCUT2D eigenvalue weighted by atomic mass is 32.2. The lowest BCUT2D eigenvalue weighted by atomic mass is 9.87. The average Bonchev–Trinajstić information content (AvgIpc) is 2.75. The molecule has 0 saturated heterocycles.